The number of nitrogens with two attached hydrogens (primary N) is 1. The van der Waals surface area contributed by atoms with Crippen LogP contribution in [0.4, 0.5) is 4.39 Å². The van der Waals surface area contributed by atoms with Gasteiger partial charge in [0.1, 0.15) is 10.7 Å². The summed E-state index contributed by atoms with van der Waals surface area (Å²) in [4.78, 5) is -0.403. The van der Waals surface area contributed by atoms with Gasteiger partial charge in [0.25, 0.3) is 0 Å². The molecular formula is C11H16BrFN2O3S. The molecule has 0 bridgehead atoms. The van der Waals surface area contributed by atoms with E-state index < -0.39 is 20.7 Å². The normalized spacial score (nSPS) is 11.8. The fourth-order valence-corrected chi connectivity index (χ4v) is 3.34. The third-order valence-electron chi connectivity index (χ3n) is 2.41. The molecule has 5 nitrogen and oxygen atoms in total. The highest BCUT2D eigenvalue weighted by Gasteiger charge is 2.21. The lowest BCUT2D eigenvalue weighted by Gasteiger charge is -2.10. The van der Waals surface area contributed by atoms with Gasteiger partial charge in [0.05, 0.1) is 0 Å². The van der Waals surface area contributed by atoms with Gasteiger partial charge in [0, 0.05) is 36.8 Å². The monoisotopic (exact) mass is 354 g/mol. The molecule has 0 atom stereocenters. The highest BCUT2D eigenvalue weighted by molar-refractivity contribution is 9.10. The Hall–Kier alpha value is -0.540. The standard InChI is InChI=1S/C11H16BrFN2O3S/c1-18-4-2-3-15-19(16,17)10-6-9(12)5-8(7-14)11(10)13/h5-6,15H,2-4,7,14H2,1H3. The van der Waals surface area contributed by atoms with Crippen LogP contribution in [0.1, 0.15) is 12.0 Å². The van der Waals surface area contributed by atoms with Gasteiger partial charge in [-0.15, -0.1) is 0 Å². The van der Waals surface area contributed by atoms with Crippen LogP contribution >= 0.6 is 15.9 Å². The molecule has 1 rings (SSSR count). The molecule has 0 heterocycles. The quantitative estimate of drug-likeness (QED) is 0.724. The summed E-state index contributed by atoms with van der Waals surface area (Å²) >= 11 is 3.14. The predicted octanol–water partition coefficient (Wildman–Crippen LogP) is 1.36. The largest absolute Gasteiger partial charge is 0.385 e. The summed E-state index contributed by atoms with van der Waals surface area (Å²) in [5.41, 5.74) is 5.52. The van der Waals surface area contributed by atoms with Crippen molar-refractivity contribution in [2.24, 2.45) is 5.73 Å². The first kappa shape index (κ1) is 16.5. The van der Waals surface area contributed by atoms with Gasteiger partial charge in [-0.25, -0.2) is 17.5 Å². The minimum atomic E-state index is -3.89. The van der Waals surface area contributed by atoms with Crippen molar-refractivity contribution in [1.82, 2.24) is 4.72 Å². The molecule has 1 aromatic rings. The van der Waals surface area contributed by atoms with E-state index in [2.05, 4.69) is 20.7 Å². The number of nitrogens with one attached hydrogen (secondary N) is 1. The van der Waals surface area contributed by atoms with Crippen LogP contribution in [0.2, 0.25) is 0 Å². The smallest absolute Gasteiger partial charge is 0.243 e. The molecule has 0 spiro atoms. The minimum absolute atomic E-state index is 0.0720. The van der Waals surface area contributed by atoms with E-state index in [1.807, 2.05) is 0 Å². The summed E-state index contributed by atoms with van der Waals surface area (Å²) in [6.45, 7) is 0.537. The molecule has 0 aromatic heterocycles. The fraction of sp³-hybridized carbons (Fsp3) is 0.455. The van der Waals surface area contributed by atoms with E-state index in [1.165, 1.54) is 19.2 Å². The Kier molecular flexibility index (Phi) is 6.34. The van der Waals surface area contributed by atoms with Crippen molar-refractivity contribution in [2.45, 2.75) is 17.9 Å². The van der Waals surface area contributed by atoms with E-state index in [0.29, 0.717) is 17.5 Å². The van der Waals surface area contributed by atoms with Gasteiger partial charge in [0.2, 0.25) is 10.0 Å². The first-order chi connectivity index (χ1) is 8.92. The Morgan fingerprint density at radius 2 is 2.16 bits per heavy atom. The van der Waals surface area contributed by atoms with Crippen LogP contribution in [-0.4, -0.2) is 28.7 Å². The molecule has 0 aliphatic heterocycles. The molecule has 108 valence electrons. The van der Waals surface area contributed by atoms with Gasteiger partial charge in [-0.3, -0.25) is 0 Å². The molecule has 3 N–H and O–H groups in total. The number of halogens is 2. The molecule has 0 aliphatic rings. The minimum Gasteiger partial charge on any atom is -0.385 e. The van der Waals surface area contributed by atoms with Gasteiger partial charge >= 0.3 is 0 Å². The number of benzene rings is 1. The molecule has 0 fully saturated rings. The Morgan fingerprint density at radius 3 is 2.74 bits per heavy atom. The van der Waals surface area contributed by atoms with Crippen LogP contribution in [0.15, 0.2) is 21.5 Å². The number of hydrogen-bond acceptors (Lipinski definition) is 4. The first-order valence-electron chi connectivity index (χ1n) is 5.59. The first-order valence-corrected chi connectivity index (χ1v) is 7.86. The van der Waals surface area contributed by atoms with E-state index in [9.17, 15) is 12.8 Å². The summed E-state index contributed by atoms with van der Waals surface area (Å²) in [5.74, 6) is -0.815. The predicted molar refractivity (Wildman–Crippen MR) is 73.7 cm³/mol. The maximum absolute atomic E-state index is 14.0. The number of sulfonamides is 1. The SMILES string of the molecule is COCCCNS(=O)(=O)c1cc(Br)cc(CN)c1F. The average Bonchev–Trinajstić information content (AvgIpc) is 2.37. The zero-order valence-corrected chi connectivity index (χ0v) is 12.9. The average molecular weight is 355 g/mol. The lowest BCUT2D eigenvalue weighted by Crippen LogP contribution is -2.27. The molecular weight excluding hydrogens is 339 g/mol. The van der Waals surface area contributed by atoms with Gasteiger partial charge in [-0.1, -0.05) is 15.9 Å². The lowest BCUT2D eigenvalue weighted by molar-refractivity contribution is 0.196. The molecule has 0 radical (unpaired) electrons. The summed E-state index contributed by atoms with van der Waals surface area (Å²) < 4.78 is 45.5. The van der Waals surface area contributed by atoms with Crippen molar-refractivity contribution in [3.8, 4) is 0 Å². The van der Waals surface area contributed by atoms with Gasteiger partial charge in [-0.2, -0.15) is 0 Å². The molecule has 0 aliphatic carbocycles. The van der Waals surface area contributed by atoms with Crippen molar-refractivity contribution in [3.05, 3.63) is 28.0 Å². The Labute approximate surface area is 120 Å². The lowest BCUT2D eigenvalue weighted by atomic mass is 10.2. The molecule has 8 heteroatoms. The molecule has 0 unspecified atom stereocenters. The third kappa shape index (κ3) is 4.50. The maximum atomic E-state index is 14.0. The van der Waals surface area contributed by atoms with Crippen molar-refractivity contribution < 1.29 is 17.5 Å². The summed E-state index contributed by atoms with van der Waals surface area (Å²) in [7, 11) is -2.37. The van der Waals surface area contributed by atoms with E-state index >= 15 is 0 Å². The van der Waals surface area contributed by atoms with Crippen molar-refractivity contribution >= 4 is 26.0 Å². The topological polar surface area (TPSA) is 81.4 Å². The zero-order chi connectivity index (χ0) is 14.5. The van der Waals surface area contributed by atoms with Crippen LogP contribution in [0.5, 0.6) is 0 Å². The second kappa shape index (κ2) is 7.30. The Bertz CT molecular complexity index is 537. The van der Waals surface area contributed by atoms with Crippen LogP contribution in [0, 0.1) is 5.82 Å². The molecule has 0 saturated heterocycles. The highest BCUT2D eigenvalue weighted by Crippen LogP contribution is 2.23. The van der Waals surface area contributed by atoms with E-state index in [1.54, 1.807) is 0 Å². The molecule has 1 aromatic carbocycles. The third-order valence-corrected chi connectivity index (χ3v) is 4.32. The molecule has 19 heavy (non-hydrogen) atoms. The van der Waals surface area contributed by atoms with E-state index in [0.717, 1.165) is 0 Å². The molecule has 0 amide bonds. The number of methoxy groups -OCH3 is 1. The number of hydrogen-bond donors (Lipinski definition) is 2. The van der Waals surface area contributed by atoms with E-state index in [4.69, 9.17) is 10.5 Å². The summed E-state index contributed by atoms with van der Waals surface area (Å²) in [6.07, 6.45) is 0.509. The zero-order valence-electron chi connectivity index (χ0n) is 10.4. The summed E-state index contributed by atoms with van der Waals surface area (Å²) in [6, 6.07) is 2.67. The maximum Gasteiger partial charge on any atom is 0.243 e. The second-order valence-electron chi connectivity index (χ2n) is 3.83. The Morgan fingerprint density at radius 1 is 1.47 bits per heavy atom. The van der Waals surface area contributed by atoms with Crippen LogP contribution in [0.25, 0.3) is 0 Å². The van der Waals surface area contributed by atoms with Crippen molar-refractivity contribution in [2.75, 3.05) is 20.3 Å². The highest BCUT2D eigenvalue weighted by atomic mass is 79.9. The number of ether oxygens (including phenoxy) is 1. The number of rotatable bonds is 7. The van der Waals surface area contributed by atoms with Gasteiger partial charge < -0.3 is 10.5 Å². The fourth-order valence-electron chi connectivity index (χ4n) is 1.46. The van der Waals surface area contributed by atoms with Crippen LogP contribution < -0.4 is 10.5 Å². The van der Waals surface area contributed by atoms with E-state index in [-0.39, 0.29) is 18.7 Å². The molecule has 0 saturated carbocycles. The van der Waals surface area contributed by atoms with Gasteiger partial charge in [-0.05, 0) is 18.6 Å². The van der Waals surface area contributed by atoms with Crippen molar-refractivity contribution in [3.63, 3.8) is 0 Å². The van der Waals surface area contributed by atoms with Crippen LogP contribution in [0.3, 0.4) is 0 Å². The Balaban J connectivity index is 2.98. The van der Waals surface area contributed by atoms with Gasteiger partial charge in [0.15, 0.2) is 0 Å². The summed E-state index contributed by atoms with van der Waals surface area (Å²) in [5, 5.41) is 0. The second-order valence-corrected chi connectivity index (χ2v) is 6.48. The van der Waals surface area contributed by atoms with Crippen molar-refractivity contribution in [1.29, 1.82) is 0 Å². The van der Waals surface area contributed by atoms with Crippen LogP contribution in [-0.2, 0) is 21.3 Å².